The molecule has 0 saturated heterocycles. The van der Waals surface area contributed by atoms with Crippen molar-refractivity contribution in [1.82, 2.24) is 0 Å². The van der Waals surface area contributed by atoms with Gasteiger partial charge >= 0.3 is 5.97 Å². The molecule has 20 heavy (non-hydrogen) atoms. The van der Waals surface area contributed by atoms with Gasteiger partial charge in [0.15, 0.2) is 6.10 Å². The molecule has 4 heteroatoms. The van der Waals surface area contributed by atoms with E-state index in [2.05, 4.69) is 6.92 Å². The zero-order chi connectivity index (χ0) is 14.6. The van der Waals surface area contributed by atoms with Gasteiger partial charge < -0.3 is 14.6 Å². The lowest BCUT2D eigenvalue weighted by Crippen LogP contribution is -2.26. The largest absolute Gasteiger partial charge is 0.491 e. The van der Waals surface area contributed by atoms with Crippen molar-refractivity contribution in [3.63, 3.8) is 0 Å². The SMILES string of the molecule is CCCCCCC(OCCOc1ccccc1)C(=O)O. The molecule has 1 unspecified atom stereocenters. The third kappa shape index (κ3) is 7.14. The highest BCUT2D eigenvalue weighted by Crippen LogP contribution is 2.10. The molecule has 4 nitrogen and oxygen atoms in total. The number of carbonyl (C=O) groups is 1. The number of benzene rings is 1. The van der Waals surface area contributed by atoms with Crippen LogP contribution >= 0.6 is 0 Å². The normalized spacial score (nSPS) is 12.1. The van der Waals surface area contributed by atoms with E-state index in [1.54, 1.807) is 0 Å². The van der Waals surface area contributed by atoms with Crippen LogP contribution < -0.4 is 4.74 Å². The molecule has 0 aromatic heterocycles. The summed E-state index contributed by atoms with van der Waals surface area (Å²) in [5, 5.41) is 9.08. The molecule has 0 saturated carbocycles. The Hall–Kier alpha value is -1.55. The zero-order valence-corrected chi connectivity index (χ0v) is 12.1. The lowest BCUT2D eigenvalue weighted by atomic mass is 10.1. The van der Waals surface area contributed by atoms with Gasteiger partial charge in [-0.05, 0) is 18.6 Å². The van der Waals surface area contributed by atoms with E-state index < -0.39 is 12.1 Å². The summed E-state index contributed by atoms with van der Waals surface area (Å²) in [4.78, 5) is 11.1. The molecular weight excluding hydrogens is 256 g/mol. The Morgan fingerprint density at radius 3 is 2.55 bits per heavy atom. The average Bonchev–Trinajstić information content (AvgIpc) is 2.46. The van der Waals surface area contributed by atoms with E-state index in [1.165, 1.54) is 0 Å². The molecule has 0 aliphatic carbocycles. The van der Waals surface area contributed by atoms with Crippen LogP contribution in [-0.2, 0) is 9.53 Å². The van der Waals surface area contributed by atoms with Crippen LogP contribution in [0.4, 0.5) is 0 Å². The summed E-state index contributed by atoms with van der Waals surface area (Å²) in [6.07, 6.45) is 4.09. The van der Waals surface area contributed by atoms with E-state index in [9.17, 15) is 4.79 Å². The Bertz CT molecular complexity index is 364. The van der Waals surface area contributed by atoms with E-state index in [0.29, 0.717) is 19.6 Å². The molecule has 0 aliphatic rings. The number of rotatable bonds is 11. The molecule has 0 spiro atoms. The molecule has 1 aromatic carbocycles. The Kier molecular flexibility index (Phi) is 8.47. The standard InChI is InChI=1S/C16H24O4/c1-2-3-4-8-11-15(16(17)18)20-13-12-19-14-9-6-5-7-10-14/h5-7,9-10,15H,2-4,8,11-13H2,1H3,(H,17,18). The molecule has 1 N–H and O–H groups in total. The molecule has 0 radical (unpaired) electrons. The van der Waals surface area contributed by atoms with Gasteiger partial charge in [0, 0.05) is 0 Å². The summed E-state index contributed by atoms with van der Waals surface area (Å²) in [5.41, 5.74) is 0. The van der Waals surface area contributed by atoms with Crippen LogP contribution in [-0.4, -0.2) is 30.4 Å². The Labute approximate surface area is 120 Å². The molecule has 0 heterocycles. The first-order valence-corrected chi connectivity index (χ1v) is 7.26. The molecule has 0 fully saturated rings. The van der Waals surface area contributed by atoms with Crippen LogP contribution in [0.1, 0.15) is 39.0 Å². The van der Waals surface area contributed by atoms with Gasteiger partial charge in [0.05, 0.1) is 6.61 Å². The van der Waals surface area contributed by atoms with Crippen molar-refractivity contribution in [1.29, 1.82) is 0 Å². The third-order valence-electron chi connectivity index (χ3n) is 3.01. The second kappa shape index (κ2) is 10.3. The summed E-state index contributed by atoms with van der Waals surface area (Å²) in [6, 6.07) is 9.42. The second-order valence-corrected chi connectivity index (χ2v) is 4.71. The van der Waals surface area contributed by atoms with Gasteiger partial charge in [-0.25, -0.2) is 4.79 Å². The zero-order valence-electron chi connectivity index (χ0n) is 12.1. The van der Waals surface area contributed by atoms with Crippen molar-refractivity contribution >= 4 is 5.97 Å². The second-order valence-electron chi connectivity index (χ2n) is 4.71. The van der Waals surface area contributed by atoms with Crippen LogP contribution in [0.5, 0.6) is 5.75 Å². The van der Waals surface area contributed by atoms with Crippen molar-refractivity contribution < 1.29 is 19.4 Å². The first-order valence-electron chi connectivity index (χ1n) is 7.26. The fourth-order valence-electron chi connectivity index (χ4n) is 1.90. The van der Waals surface area contributed by atoms with Crippen LogP contribution in [0.15, 0.2) is 30.3 Å². The smallest absolute Gasteiger partial charge is 0.332 e. The van der Waals surface area contributed by atoms with E-state index in [-0.39, 0.29) is 0 Å². The van der Waals surface area contributed by atoms with Gasteiger partial charge in [0.2, 0.25) is 0 Å². The van der Waals surface area contributed by atoms with Crippen molar-refractivity contribution in [2.75, 3.05) is 13.2 Å². The van der Waals surface area contributed by atoms with Gasteiger partial charge in [0.1, 0.15) is 12.4 Å². The lowest BCUT2D eigenvalue weighted by molar-refractivity contribution is -0.151. The minimum Gasteiger partial charge on any atom is -0.491 e. The van der Waals surface area contributed by atoms with Crippen molar-refractivity contribution in [3.05, 3.63) is 30.3 Å². The van der Waals surface area contributed by atoms with Gasteiger partial charge in [-0.15, -0.1) is 0 Å². The number of hydrogen-bond donors (Lipinski definition) is 1. The summed E-state index contributed by atoms with van der Waals surface area (Å²) in [5.74, 6) is -0.118. The number of hydrogen-bond acceptors (Lipinski definition) is 3. The molecule has 1 rings (SSSR count). The highest BCUT2D eigenvalue weighted by Gasteiger charge is 2.17. The maximum absolute atomic E-state index is 11.1. The van der Waals surface area contributed by atoms with Crippen molar-refractivity contribution in [2.45, 2.75) is 45.1 Å². The van der Waals surface area contributed by atoms with Crippen LogP contribution in [0.2, 0.25) is 0 Å². The highest BCUT2D eigenvalue weighted by atomic mass is 16.5. The Morgan fingerprint density at radius 1 is 1.15 bits per heavy atom. The minimum atomic E-state index is -0.888. The van der Waals surface area contributed by atoms with Crippen molar-refractivity contribution in [2.24, 2.45) is 0 Å². The number of para-hydroxylation sites is 1. The monoisotopic (exact) mass is 280 g/mol. The van der Waals surface area contributed by atoms with Gasteiger partial charge in [-0.2, -0.15) is 0 Å². The molecule has 0 aliphatic heterocycles. The average molecular weight is 280 g/mol. The van der Waals surface area contributed by atoms with E-state index >= 15 is 0 Å². The molecule has 1 aromatic rings. The highest BCUT2D eigenvalue weighted by molar-refractivity contribution is 5.72. The molecule has 0 amide bonds. The topological polar surface area (TPSA) is 55.8 Å². The predicted molar refractivity (Wildman–Crippen MR) is 78.1 cm³/mol. The van der Waals surface area contributed by atoms with E-state index in [1.807, 2.05) is 30.3 Å². The summed E-state index contributed by atoms with van der Waals surface area (Å²) < 4.78 is 10.8. The maximum Gasteiger partial charge on any atom is 0.332 e. The number of unbranched alkanes of at least 4 members (excludes halogenated alkanes) is 3. The van der Waals surface area contributed by atoms with Crippen LogP contribution in [0.3, 0.4) is 0 Å². The Balaban J connectivity index is 2.17. The molecule has 1 atom stereocenters. The molecule has 0 bridgehead atoms. The maximum atomic E-state index is 11.1. The van der Waals surface area contributed by atoms with Gasteiger partial charge in [-0.1, -0.05) is 50.8 Å². The summed E-state index contributed by atoms with van der Waals surface area (Å²) >= 11 is 0. The fourth-order valence-corrected chi connectivity index (χ4v) is 1.90. The Morgan fingerprint density at radius 2 is 1.90 bits per heavy atom. The first kappa shape index (κ1) is 16.5. The van der Waals surface area contributed by atoms with Gasteiger partial charge in [-0.3, -0.25) is 0 Å². The predicted octanol–water partition coefficient (Wildman–Crippen LogP) is 3.51. The third-order valence-corrected chi connectivity index (χ3v) is 3.01. The van der Waals surface area contributed by atoms with Crippen LogP contribution in [0.25, 0.3) is 0 Å². The van der Waals surface area contributed by atoms with E-state index in [4.69, 9.17) is 14.6 Å². The molecular formula is C16H24O4. The van der Waals surface area contributed by atoms with Gasteiger partial charge in [0.25, 0.3) is 0 Å². The van der Waals surface area contributed by atoms with Crippen LogP contribution in [0, 0.1) is 0 Å². The number of ether oxygens (including phenoxy) is 2. The molecule has 112 valence electrons. The number of carboxylic acid groups (broad SMARTS) is 1. The lowest BCUT2D eigenvalue weighted by Gasteiger charge is -2.14. The minimum absolute atomic E-state index is 0.291. The fraction of sp³-hybridized carbons (Fsp3) is 0.562. The van der Waals surface area contributed by atoms with E-state index in [0.717, 1.165) is 31.4 Å². The summed E-state index contributed by atoms with van der Waals surface area (Å²) in [7, 11) is 0. The van der Waals surface area contributed by atoms with Crippen molar-refractivity contribution in [3.8, 4) is 5.75 Å². The summed E-state index contributed by atoms with van der Waals surface area (Å²) in [6.45, 7) is 2.79. The first-order chi connectivity index (χ1) is 9.74. The number of aliphatic carboxylic acids is 1. The number of carboxylic acids is 1. The quantitative estimate of drug-likeness (QED) is 0.630.